The van der Waals surface area contributed by atoms with E-state index in [1.807, 2.05) is 18.2 Å². The molecule has 0 fully saturated rings. The SMILES string of the molecule is O=C1c2ccccc2-c2c1c1ccccc1c(=O)n2C[C@H](O)c1cccc(O)c1. The van der Waals surface area contributed by atoms with Crippen LogP contribution in [0.1, 0.15) is 27.6 Å². The molecule has 0 amide bonds. The van der Waals surface area contributed by atoms with Gasteiger partial charge in [-0.15, -0.1) is 0 Å². The highest BCUT2D eigenvalue weighted by Gasteiger charge is 2.32. The lowest BCUT2D eigenvalue weighted by Crippen LogP contribution is -2.26. The minimum Gasteiger partial charge on any atom is -0.508 e. The molecule has 0 saturated carbocycles. The first-order valence-electron chi connectivity index (χ1n) is 9.33. The maximum Gasteiger partial charge on any atom is 0.259 e. The molecule has 3 aromatic carbocycles. The number of carbonyl (C=O) groups is 1. The molecule has 2 N–H and O–H groups in total. The van der Waals surface area contributed by atoms with E-state index in [1.165, 1.54) is 16.7 Å². The van der Waals surface area contributed by atoms with Crippen LogP contribution in [-0.4, -0.2) is 20.6 Å². The van der Waals surface area contributed by atoms with E-state index in [0.29, 0.717) is 38.7 Å². The molecule has 1 atom stereocenters. The number of rotatable bonds is 3. The van der Waals surface area contributed by atoms with Crippen LogP contribution >= 0.6 is 0 Å². The van der Waals surface area contributed by atoms with Crippen LogP contribution in [0.25, 0.3) is 22.0 Å². The summed E-state index contributed by atoms with van der Waals surface area (Å²) in [6, 6.07) is 20.6. The van der Waals surface area contributed by atoms with E-state index < -0.39 is 6.10 Å². The molecule has 1 aliphatic rings. The molecule has 0 radical (unpaired) electrons. The van der Waals surface area contributed by atoms with Gasteiger partial charge in [0.1, 0.15) is 5.75 Å². The number of pyridine rings is 1. The monoisotopic (exact) mass is 383 g/mol. The lowest BCUT2D eigenvalue weighted by molar-refractivity contribution is 0.104. The molecule has 5 heteroatoms. The second-order valence-electron chi connectivity index (χ2n) is 7.17. The minimum atomic E-state index is -1.02. The Morgan fingerprint density at radius 3 is 2.28 bits per heavy atom. The van der Waals surface area contributed by atoms with E-state index in [-0.39, 0.29) is 23.6 Å². The fraction of sp³-hybridized carbons (Fsp3) is 0.0833. The van der Waals surface area contributed by atoms with Crippen LogP contribution in [0.2, 0.25) is 0 Å². The average molecular weight is 383 g/mol. The summed E-state index contributed by atoms with van der Waals surface area (Å²) in [6.45, 7) is -0.0307. The van der Waals surface area contributed by atoms with Gasteiger partial charge in [-0.25, -0.2) is 0 Å². The molecule has 5 nitrogen and oxygen atoms in total. The summed E-state index contributed by atoms with van der Waals surface area (Å²) >= 11 is 0. The second-order valence-corrected chi connectivity index (χ2v) is 7.17. The molecule has 0 bridgehead atoms. The Hall–Kier alpha value is -3.70. The first-order valence-corrected chi connectivity index (χ1v) is 9.33. The van der Waals surface area contributed by atoms with E-state index in [1.54, 1.807) is 42.5 Å². The highest BCUT2D eigenvalue weighted by atomic mass is 16.3. The van der Waals surface area contributed by atoms with Crippen molar-refractivity contribution in [3.63, 3.8) is 0 Å². The number of carbonyl (C=O) groups excluding carboxylic acids is 1. The molecule has 0 saturated heterocycles. The predicted molar refractivity (Wildman–Crippen MR) is 110 cm³/mol. The summed E-state index contributed by atoms with van der Waals surface area (Å²) < 4.78 is 1.48. The molecule has 4 aromatic rings. The number of hydrogen-bond acceptors (Lipinski definition) is 4. The Labute approximate surface area is 166 Å². The van der Waals surface area contributed by atoms with Gasteiger partial charge in [-0.2, -0.15) is 0 Å². The number of benzene rings is 3. The van der Waals surface area contributed by atoms with Gasteiger partial charge < -0.3 is 14.8 Å². The van der Waals surface area contributed by atoms with Gasteiger partial charge in [0.05, 0.1) is 23.9 Å². The summed E-state index contributed by atoms with van der Waals surface area (Å²) in [5, 5.41) is 21.6. The van der Waals surface area contributed by atoms with Gasteiger partial charge in [0.15, 0.2) is 5.78 Å². The van der Waals surface area contributed by atoms with Crippen LogP contribution < -0.4 is 5.56 Å². The van der Waals surface area contributed by atoms with Gasteiger partial charge >= 0.3 is 0 Å². The number of phenolic OH excluding ortho intramolecular Hbond substituents is 1. The smallest absolute Gasteiger partial charge is 0.259 e. The Balaban J connectivity index is 1.78. The molecule has 142 valence electrons. The van der Waals surface area contributed by atoms with Gasteiger partial charge in [-0.05, 0) is 23.8 Å². The third kappa shape index (κ3) is 2.59. The maximum absolute atomic E-state index is 13.3. The Morgan fingerprint density at radius 2 is 1.52 bits per heavy atom. The number of aliphatic hydroxyl groups excluding tert-OH is 1. The van der Waals surface area contributed by atoms with Crippen molar-refractivity contribution in [2.45, 2.75) is 12.6 Å². The van der Waals surface area contributed by atoms with Crippen molar-refractivity contribution in [2.75, 3.05) is 0 Å². The molecular weight excluding hydrogens is 366 g/mol. The van der Waals surface area contributed by atoms with E-state index in [0.717, 1.165) is 0 Å². The summed E-state index contributed by atoms with van der Waals surface area (Å²) in [4.78, 5) is 26.5. The van der Waals surface area contributed by atoms with Crippen LogP contribution in [0.5, 0.6) is 5.75 Å². The number of phenols is 1. The highest BCUT2D eigenvalue weighted by molar-refractivity contribution is 6.26. The summed E-state index contributed by atoms with van der Waals surface area (Å²) in [7, 11) is 0. The molecule has 1 heterocycles. The van der Waals surface area contributed by atoms with Crippen LogP contribution in [-0.2, 0) is 6.54 Å². The molecule has 5 rings (SSSR count). The number of ketones is 1. The van der Waals surface area contributed by atoms with Crippen molar-refractivity contribution < 1.29 is 15.0 Å². The lowest BCUT2D eigenvalue weighted by Gasteiger charge is -2.18. The first kappa shape index (κ1) is 17.4. The highest BCUT2D eigenvalue weighted by Crippen LogP contribution is 2.39. The Kier molecular flexibility index (Phi) is 3.86. The van der Waals surface area contributed by atoms with Gasteiger partial charge in [0, 0.05) is 21.9 Å². The topological polar surface area (TPSA) is 79.5 Å². The predicted octanol–water partition coefficient (Wildman–Crippen LogP) is 3.65. The molecule has 0 aliphatic heterocycles. The molecular formula is C24H17NO4. The average Bonchev–Trinajstić information content (AvgIpc) is 3.04. The molecule has 29 heavy (non-hydrogen) atoms. The second kappa shape index (κ2) is 6.43. The maximum atomic E-state index is 13.3. The van der Waals surface area contributed by atoms with E-state index in [4.69, 9.17) is 0 Å². The van der Waals surface area contributed by atoms with Crippen LogP contribution in [0.4, 0.5) is 0 Å². The number of fused-ring (bicyclic) bond motifs is 5. The van der Waals surface area contributed by atoms with Gasteiger partial charge in [0.2, 0.25) is 0 Å². The van der Waals surface area contributed by atoms with Gasteiger partial charge in [-0.3, -0.25) is 9.59 Å². The number of aromatic nitrogens is 1. The van der Waals surface area contributed by atoms with Crippen LogP contribution in [0.15, 0.2) is 77.6 Å². The van der Waals surface area contributed by atoms with Crippen molar-refractivity contribution in [2.24, 2.45) is 0 Å². The van der Waals surface area contributed by atoms with E-state index >= 15 is 0 Å². The van der Waals surface area contributed by atoms with Crippen molar-refractivity contribution >= 4 is 16.6 Å². The minimum absolute atomic E-state index is 0.0307. The van der Waals surface area contributed by atoms with Crippen LogP contribution in [0, 0.1) is 0 Å². The summed E-state index contributed by atoms with van der Waals surface area (Å²) in [6.07, 6.45) is -1.02. The Bertz CT molecular complexity index is 1350. The van der Waals surface area contributed by atoms with E-state index in [2.05, 4.69) is 0 Å². The number of aromatic hydroxyl groups is 1. The first-order chi connectivity index (χ1) is 14.1. The Morgan fingerprint density at radius 1 is 0.828 bits per heavy atom. The fourth-order valence-corrected chi connectivity index (χ4v) is 4.11. The number of hydrogen-bond donors (Lipinski definition) is 2. The third-order valence-corrected chi connectivity index (χ3v) is 5.44. The van der Waals surface area contributed by atoms with Gasteiger partial charge in [0.25, 0.3) is 5.56 Å². The zero-order valence-electron chi connectivity index (χ0n) is 15.4. The van der Waals surface area contributed by atoms with Gasteiger partial charge in [-0.1, -0.05) is 54.6 Å². The normalized spacial score (nSPS) is 13.3. The van der Waals surface area contributed by atoms with E-state index in [9.17, 15) is 19.8 Å². The largest absolute Gasteiger partial charge is 0.508 e. The van der Waals surface area contributed by atoms with Crippen molar-refractivity contribution in [3.8, 4) is 17.0 Å². The van der Waals surface area contributed by atoms with Crippen molar-refractivity contribution in [3.05, 3.63) is 99.8 Å². The lowest BCUT2D eigenvalue weighted by atomic mass is 10.0. The molecule has 1 aromatic heterocycles. The quantitative estimate of drug-likeness (QED) is 0.498. The number of aliphatic hydroxyl groups is 1. The molecule has 0 unspecified atom stereocenters. The summed E-state index contributed by atoms with van der Waals surface area (Å²) in [5.74, 6) is -0.0782. The number of nitrogens with zero attached hydrogens (tertiary/aromatic N) is 1. The molecule has 0 spiro atoms. The zero-order valence-corrected chi connectivity index (χ0v) is 15.4. The third-order valence-electron chi connectivity index (χ3n) is 5.44. The zero-order chi connectivity index (χ0) is 20.1. The van der Waals surface area contributed by atoms with Crippen LogP contribution in [0.3, 0.4) is 0 Å². The van der Waals surface area contributed by atoms with Crippen molar-refractivity contribution in [1.29, 1.82) is 0 Å². The molecule has 1 aliphatic carbocycles. The fourth-order valence-electron chi connectivity index (χ4n) is 4.11. The standard InChI is InChI=1S/C24H17NO4/c26-15-7-5-6-14(12-15)20(27)13-25-22-17-9-2-3-10-18(17)23(28)21(22)16-8-1-4-11-19(16)24(25)29/h1-12,20,26-27H,13H2/t20-/m0/s1. The van der Waals surface area contributed by atoms with Crippen molar-refractivity contribution in [1.82, 2.24) is 4.57 Å². The summed E-state index contributed by atoms with van der Waals surface area (Å²) in [5.41, 5.74) is 2.51.